The number of aromatic nitrogens is 6. The van der Waals surface area contributed by atoms with E-state index in [4.69, 9.17) is 45.0 Å². The Bertz CT molecular complexity index is 2730. The van der Waals surface area contributed by atoms with Gasteiger partial charge in [-0.3, -0.25) is 27.5 Å². The zero-order chi connectivity index (χ0) is 51.7. The average Bonchev–Trinajstić information content (AvgIpc) is 3.98. The van der Waals surface area contributed by atoms with Crippen LogP contribution < -0.4 is 27.8 Å². The molecule has 4 aromatic rings. The van der Waals surface area contributed by atoms with Crippen LogP contribution in [0.15, 0.2) is 59.1 Å². The predicted octanol–water partition coefficient (Wildman–Crippen LogP) is 2.07. The fourth-order valence-corrected chi connectivity index (χ4v) is 8.65. The van der Waals surface area contributed by atoms with Crippen LogP contribution in [0.4, 0.5) is 22.1 Å². The first-order chi connectivity index (χ1) is 33.5. The first-order valence-corrected chi connectivity index (χ1v) is 24.7. The number of amides is 2. The van der Waals surface area contributed by atoms with Crippen LogP contribution in [0.3, 0.4) is 0 Å². The highest BCUT2D eigenvalue weighted by atomic mass is 31.2. The van der Waals surface area contributed by atoms with E-state index in [1.807, 2.05) is 0 Å². The van der Waals surface area contributed by atoms with Crippen LogP contribution in [0.25, 0.3) is 21.6 Å². The Kier molecular flexibility index (Phi) is 17.9. The zero-order valence-electron chi connectivity index (χ0n) is 38.3. The van der Waals surface area contributed by atoms with E-state index < -0.39 is 101 Å². The SMILES string of the molecule is CC(C)(C)OC(=O)N[C@@H](CCCCNC(=O)CCc1ccc(N=[N+]=[N-])cc1)C(=O)O[C@H]1[C@@H](O)[C@H](n2cnc3c(N)ncnc32)O[C@@H]1COP(=O)(O)O[C@H]1C[C@H](n2ccc(N)nc2=O)O[C@@H]1COP(=O)(O)O. The lowest BCUT2D eigenvalue weighted by atomic mass is 10.1. The molecule has 6 rings (SSSR count). The Hall–Kier alpha value is -6.13. The highest BCUT2D eigenvalue weighted by Crippen LogP contribution is 2.50. The minimum atomic E-state index is -5.28. The van der Waals surface area contributed by atoms with Crippen molar-refractivity contribution in [1.29, 1.82) is 0 Å². The van der Waals surface area contributed by atoms with Crippen LogP contribution in [0, 0.1) is 0 Å². The molecule has 1 aromatic carbocycles. The largest absolute Gasteiger partial charge is 0.472 e. The maximum Gasteiger partial charge on any atom is 0.472 e. The highest BCUT2D eigenvalue weighted by molar-refractivity contribution is 7.47. The van der Waals surface area contributed by atoms with E-state index in [1.165, 1.54) is 23.2 Å². The fraction of sp³-hybridized carbons (Fsp3) is 0.538. The number of ether oxygens (including phenoxy) is 4. The lowest BCUT2D eigenvalue weighted by Crippen LogP contribution is -2.47. The van der Waals surface area contributed by atoms with Crippen LogP contribution in [0.2, 0.25) is 0 Å². The summed E-state index contributed by atoms with van der Waals surface area (Å²) in [5.74, 6) is -1.48. The molecule has 30 nitrogen and oxygen atoms in total. The topological polar surface area (TPSA) is 434 Å². The number of aryl methyl sites for hydroxylation is 1. The molecule has 0 bridgehead atoms. The van der Waals surface area contributed by atoms with Crippen molar-refractivity contribution in [1.82, 2.24) is 39.7 Å². The lowest BCUT2D eigenvalue weighted by Gasteiger charge is -2.26. The first-order valence-electron chi connectivity index (χ1n) is 21.7. The van der Waals surface area contributed by atoms with Gasteiger partial charge in [-0.1, -0.05) is 29.4 Å². The quantitative estimate of drug-likeness (QED) is 0.0139. The van der Waals surface area contributed by atoms with Gasteiger partial charge in [0, 0.05) is 36.2 Å². The van der Waals surface area contributed by atoms with Gasteiger partial charge in [0.15, 0.2) is 23.8 Å². The van der Waals surface area contributed by atoms with Gasteiger partial charge in [0.05, 0.1) is 19.5 Å². The summed E-state index contributed by atoms with van der Waals surface area (Å²) >= 11 is 0. The van der Waals surface area contributed by atoms with E-state index in [0.717, 1.165) is 16.5 Å². The normalized spacial score (nSPS) is 22.5. The molecular formula is C39H53N13O17P2. The molecule has 5 heterocycles. The molecule has 0 radical (unpaired) electrons. The summed E-state index contributed by atoms with van der Waals surface area (Å²) in [4.78, 5) is 101. The summed E-state index contributed by atoms with van der Waals surface area (Å²) in [5, 5.41) is 20.6. The molecule has 0 saturated carbocycles. The minimum Gasteiger partial charge on any atom is -0.455 e. The summed E-state index contributed by atoms with van der Waals surface area (Å²) < 4.78 is 65.8. The van der Waals surface area contributed by atoms with Gasteiger partial charge in [0.2, 0.25) is 5.91 Å². The minimum absolute atomic E-state index is 0.0199. The number of nitrogens with two attached hydrogens (primary N) is 2. The maximum atomic E-state index is 14.1. The van der Waals surface area contributed by atoms with E-state index in [1.54, 1.807) is 45.0 Å². The first kappa shape index (κ1) is 54.2. The van der Waals surface area contributed by atoms with Gasteiger partial charge in [-0.05, 0) is 63.6 Å². The number of nitrogens with one attached hydrogen (secondary N) is 2. The number of carbonyl (C=O) groups excluding carboxylic acids is 3. The average molecular weight is 1040 g/mol. The molecule has 386 valence electrons. The lowest BCUT2D eigenvalue weighted by molar-refractivity contribution is -0.159. The monoisotopic (exact) mass is 1040 g/mol. The smallest absolute Gasteiger partial charge is 0.455 e. The molecule has 2 saturated heterocycles. The second-order valence-corrected chi connectivity index (χ2v) is 19.7. The van der Waals surface area contributed by atoms with Gasteiger partial charge in [-0.2, -0.15) is 4.98 Å². The maximum absolute atomic E-state index is 14.1. The van der Waals surface area contributed by atoms with Gasteiger partial charge < -0.3 is 60.8 Å². The number of benzene rings is 1. The number of azide groups is 1. The number of alkyl carbamates (subject to hydrolysis) is 1. The van der Waals surface area contributed by atoms with Crippen molar-refractivity contribution >= 4 is 62.1 Å². The molecule has 0 aliphatic carbocycles. The van der Waals surface area contributed by atoms with Crippen molar-refractivity contribution < 1.29 is 75.8 Å². The number of phosphoric acid groups is 2. The van der Waals surface area contributed by atoms with Crippen LogP contribution in [0.5, 0.6) is 0 Å². The van der Waals surface area contributed by atoms with Gasteiger partial charge >= 0.3 is 33.4 Å². The molecule has 9 atom stereocenters. The van der Waals surface area contributed by atoms with Crippen LogP contribution in [-0.2, 0) is 57.7 Å². The number of rotatable bonds is 22. The van der Waals surface area contributed by atoms with Crippen molar-refractivity contribution in [3.05, 3.63) is 75.7 Å². The molecule has 2 aliphatic heterocycles. The van der Waals surface area contributed by atoms with Gasteiger partial charge in [-0.15, -0.1) is 0 Å². The summed E-state index contributed by atoms with van der Waals surface area (Å²) in [6, 6.07) is 6.61. The third-order valence-corrected chi connectivity index (χ3v) is 12.1. The van der Waals surface area contributed by atoms with E-state index in [9.17, 15) is 48.1 Å². The van der Waals surface area contributed by atoms with Gasteiger partial charge in [-0.25, -0.2) is 38.5 Å². The Labute approximate surface area is 402 Å². The van der Waals surface area contributed by atoms with Crippen molar-refractivity contribution in [2.45, 2.75) is 114 Å². The van der Waals surface area contributed by atoms with Crippen LogP contribution >= 0.6 is 15.6 Å². The number of unbranched alkanes of at least 4 members (excludes halogenated alkanes) is 1. The number of anilines is 2. The van der Waals surface area contributed by atoms with Crippen molar-refractivity contribution in [2.75, 3.05) is 31.2 Å². The standard InChI is InChI=1S/C39H53N13O17P2/c1-39(2,3)68-38(57)47-23(6-4-5-14-43-28(53)12-9-21-7-10-22(11-8-21)49-50-42)36(55)67-32-26(66-35(31(32)54)52-20-46-30-33(41)44-19-45-34(30)52)18-64-71(61,62)69-24-16-29(51-15-13-27(40)48-37(51)56)65-25(24)17-63-70(58,59)60/h7-8,10-11,13,15,19-20,23-26,29,31-32,35,54H,4-6,9,12,14,16-18H2,1-3H3,(H,43,53)(H,47,57)(H,61,62)(H2,40,48,56)(H2,41,44,45)(H2,58,59,60)/t23-,24-,25+,26+,29+,31+,32+,35+/m0/s1. The molecule has 2 amide bonds. The third kappa shape index (κ3) is 15.4. The molecule has 71 heavy (non-hydrogen) atoms. The number of hydrogen-bond acceptors (Lipinski definition) is 21. The summed E-state index contributed by atoms with van der Waals surface area (Å²) in [6.45, 7) is 3.21. The number of hydrogen-bond donors (Lipinski definition) is 8. The van der Waals surface area contributed by atoms with E-state index >= 15 is 0 Å². The number of esters is 1. The van der Waals surface area contributed by atoms with Crippen molar-refractivity contribution in [3.63, 3.8) is 0 Å². The number of aliphatic hydroxyl groups excluding tert-OH is 1. The molecule has 2 fully saturated rings. The highest BCUT2D eigenvalue weighted by Gasteiger charge is 2.50. The number of phosphoric ester groups is 2. The van der Waals surface area contributed by atoms with E-state index in [2.05, 4.69) is 45.1 Å². The summed E-state index contributed by atoms with van der Waals surface area (Å²) in [7, 11) is -10.4. The third-order valence-electron chi connectivity index (χ3n) is 10.6. The number of aliphatic hydroxyl groups is 1. The van der Waals surface area contributed by atoms with Crippen molar-refractivity contribution in [3.8, 4) is 0 Å². The number of nitrogen functional groups attached to an aromatic ring is 2. The second kappa shape index (κ2) is 23.4. The molecule has 10 N–H and O–H groups in total. The molecule has 32 heteroatoms. The van der Waals surface area contributed by atoms with Gasteiger partial charge in [0.1, 0.15) is 59.9 Å². The number of fused-ring (bicyclic) bond motifs is 1. The summed E-state index contributed by atoms with van der Waals surface area (Å²) in [6.07, 6.45) is -7.48. The molecule has 0 spiro atoms. The zero-order valence-corrected chi connectivity index (χ0v) is 40.1. The number of carbonyl (C=O) groups is 3. The van der Waals surface area contributed by atoms with Crippen molar-refractivity contribution in [2.24, 2.45) is 5.11 Å². The molecular weight excluding hydrogens is 984 g/mol. The predicted molar refractivity (Wildman–Crippen MR) is 243 cm³/mol. The fourth-order valence-electron chi connectivity index (χ4n) is 7.35. The number of nitrogens with zero attached hydrogens (tertiary/aromatic N) is 9. The Morgan fingerprint density at radius 2 is 1.75 bits per heavy atom. The Morgan fingerprint density at radius 3 is 2.44 bits per heavy atom. The van der Waals surface area contributed by atoms with E-state index in [0.29, 0.717) is 18.5 Å². The van der Waals surface area contributed by atoms with Crippen LogP contribution in [0.1, 0.15) is 70.9 Å². The van der Waals surface area contributed by atoms with E-state index in [-0.39, 0.29) is 60.9 Å². The molecule has 3 aromatic heterocycles. The Balaban J connectivity index is 1.15. The second-order valence-electron chi connectivity index (χ2n) is 17.0. The molecule has 1 unspecified atom stereocenters. The van der Waals surface area contributed by atoms with Gasteiger partial charge in [0.25, 0.3) is 0 Å². The summed E-state index contributed by atoms with van der Waals surface area (Å²) in [5.41, 5.74) is 19.8. The number of imidazole rings is 1. The van der Waals surface area contributed by atoms with Crippen LogP contribution in [-0.4, -0.2) is 129 Å². The Morgan fingerprint density at radius 1 is 1.01 bits per heavy atom. The molecule has 2 aliphatic rings.